The number of hydrogen-bond donors (Lipinski definition) is 1. The zero-order chi connectivity index (χ0) is 24.8. The SMILES string of the molecule is CCCN(CC(=O)Nc1sc2c(c1C(=O)OCC)CCC2)C1CCN(C(=O)c2ccccc2)CC1. The van der Waals surface area contributed by atoms with Crippen molar-refractivity contribution >= 4 is 34.1 Å². The standard InChI is InChI=1S/C27H35N3O4S/c1-3-15-30(20-13-16-29(17-14-20)26(32)19-9-6-5-7-10-19)18-23(31)28-25-24(27(33)34-4-2)21-11-8-12-22(21)35-25/h5-7,9-10,20H,3-4,8,11-18H2,1-2H3,(H,28,31). The van der Waals surface area contributed by atoms with Gasteiger partial charge in [-0.05, 0) is 69.7 Å². The van der Waals surface area contributed by atoms with Gasteiger partial charge in [-0.15, -0.1) is 11.3 Å². The number of anilines is 1. The van der Waals surface area contributed by atoms with Gasteiger partial charge in [-0.25, -0.2) is 4.79 Å². The summed E-state index contributed by atoms with van der Waals surface area (Å²) in [5, 5.41) is 3.65. The van der Waals surface area contributed by atoms with Gasteiger partial charge in [0.15, 0.2) is 0 Å². The Morgan fingerprint density at radius 1 is 1.11 bits per heavy atom. The van der Waals surface area contributed by atoms with Crippen molar-refractivity contribution in [1.29, 1.82) is 0 Å². The fraction of sp³-hybridized carbons (Fsp3) is 0.519. The second-order valence-electron chi connectivity index (χ2n) is 9.19. The molecule has 1 aromatic heterocycles. The van der Waals surface area contributed by atoms with E-state index in [2.05, 4.69) is 17.1 Å². The van der Waals surface area contributed by atoms with Crippen LogP contribution < -0.4 is 5.32 Å². The van der Waals surface area contributed by atoms with Gasteiger partial charge >= 0.3 is 5.97 Å². The summed E-state index contributed by atoms with van der Waals surface area (Å²) in [6, 6.07) is 9.64. The van der Waals surface area contributed by atoms with Gasteiger partial charge in [0.25, 0.3) is 5.91 Å². The van der Waals surface area contributed by atoms with Gasteiger partial charge in [0, 0.05) is 29.6 Å². The first-order chi connectivity index (χ1) is 17.0. The van der Waals surface area contributed by atoms with Gasteiger partial charge in [0.2, 0.25) is 5.91 Å². The number of fused-ring (bicyclic) bond motifs is 1. The lowest BCUT2D eigenvalue weighted by molar-refractivity contribution is -0.118. The molecule has 1 saturated heterocycles. The molecule has 2 amide bonds. The average molecular weight is 498 g/mol. The number of nitrogens with one attached hydrogen (secondary N) is 1. The maximum Gasteiger partial charge on any atom is 0.341 e. The predicted molar refractivity (Wildman–Crippen MR) is 138 cm³/mol. The predicted octanol–water partition coefficient (Wildman–Crippen LogP) is 4.37. The van der Waals surface area contributed by atoms with Crippen molar-refractivity contribution < 1.29 is 19.1 Å². The van der Waals surface area contributed by atoms with Gasteiger partial charge in [-0.3, -0.25) is 14.5 Å². The highest BCUT2D eigenvalue weighted by Gasteiger charge is 2.31. The number of piperidine rings is 1. The summed E-state index contributed by atoms with van der Waals surface area (Å²) in [5.74, 6) is -0.379. The molecule has 0 unspecified atom stereocenters. The number of thiophene rings is 1. The molecule has 2 aliphatic rings. The Hall–Kier alpha value is -2.71. The maximum absolute atomic E-state index is 13.1. The van der Waals surface area contributed by atoms with E-state index in [9.17, 15) is 14.4 Å². The molecule has 7 nitrogen and oxygen atoms in total. The number of hydrogen-bond acceptors (Lipinski definition) is 6. The molecule has 0 radical (unpaired) electrons. The van der Waals surface area contributed by atoms with Crippen LogP contribution in [0.25, 0.3) is 0 Å². The van der Waals surface area contributed by atoms with E-state index in [1.807, 2.05) is 35.2 Å². The molecule has 35 heavy (non-hydrogen) atoms. The minimum atomic E-state index is -0.344. The van der Waals surface area contributed by atoms with Crippen LogP contribution in [0.4, 0.5) is 5.00 Å². The molecular weight excluding hydrogens is 462 g/mol. The highest BCUT2D eigenvalue weighted by Crippen LogP contribution is 2.39. The molecule has 0 atom stereocenters. The molecule has 1 fully saturated rings. The number of carbonyl (C=O) groups is 3. The monoisotopic (exact) mass is 497 g/mol. The van der Waals surface area contributed by atoms with Crippen LogP contribution in [0.5, 0.6) is 0 Å². The normalized spacial score (nSPS) is 15.8. The van der Waals surface area contributed by atoms with Crippen LogP contribution >= 0.6 is 11.3 Å². The summed E-state index contributed by atoms with van der Waals surface area (Å²) in [7, 11) is 0. The van der Waals surface area contributed by atoms with Crippen LogP contribution in [-0.4, -0.2) is 66.4 Å². The first-order valence-electron chi connectivity index (χ1n) is 12.7. The van der Waals surface area contributed by atoms with E-state index < -0.39 is 0 Å². The van der Waals surface area contributed by atoms with Crippen LogP contribution in [0.3, 0.4) is 0 Å². The topological polar surface area (TPSA) is 79.0 Å². The van der Waals surface area contributed by atoms with E-state index in [4.69, 9.17) is 4.74 Å². The second kappa shape index (κ2) is 11.8. The Morgan fingerprint density at radius 3 is 2.54 bits per heavy atom. The summed E-state index contributed by atoms with van der Waals surface area (Å²) >= 11 is 1.51. The van der Waals surface area contributed by atoms with Crippen molar-refractivity contribution in [3.05, 3.63) is 51.9 Å². The fourth-order valence-electron chi connectivity index (χ4n) is 5.14. The minimum Gasteiger partial charge on any atom is -0.462 e. The molecule has 1 aliphatic carbocycles. The Labute approximate surface area is 211 Å². The third-order valence-corrected chi connectivity index (χ3v) is 8.01. The molecule has 188 valence electrons. The van der Waals surface area contributed by atoms with Crippen molar-refractivity contribution in [2.24, 2.45) is 0 Å². The van der Waals surface area contributed by atoms with Crippen molar-refractivity contribution in [3.63, 3.8) is 0 Å². The van der Waals surface area contributed by atoms with Gasteiger partial charge in [-0.2, -0.15) is 0 Å². The average Bonchev–Trinajstić information content (AvgIpc) is 3.45. The number of rotatable bonds is 9. The third kappa shape index (κ3) is 5.93. The molecule has 1 N–H and O–H groups in total. The molecule has 2 heterocycles. The number of esters is 1. The molecule has 1 aromatic carbocycles. The lowest BCUT2D eigenvalue weighted by Gasteiger charge is -2.38. The summed E-state index contributed by atoms with van der Waals surface area (Å²) in [4.78, 5) is 43.8. The zero-order valence-electron chi connectivity index (χ0n) is 20.7. The summed E-state index contributed by atoms with van der Waals surface area (Å²) in [5.41, 5.74) is 2.31. The van der Waals surface area contributed by atoms with Crippen molar-refractivity contribution in [2.45, 2.75) is 58.4 Å². The van der Waals surface area contributed by atoms with Crippen molar-refractivity contribution in [1.82, 2.24) is 9.80 Å². The van der Waals surface area contributed by atoms with E-state index in [0.29, 0.717) is 30.3 Å². The molecule has 0 saturated carbocycles. The first-order valence-corrected chi connectivity index (χ1v) is 13.5. The molecule has 2 aromatic rings. The van der Waals surface area contributed by atoms with E-state index in [-0.39, 0.29) is 30.4 Å². The van der Waals surface area contributed by atoms with E-state index >= 15 is 0 Å². The number of carbonyl (C=O) groups excluding carboxylic acids is 3. The van der Waals surface area contributed by atoms with Crippen LogP contribution in [0.2, 0.25) is 0 Å². The second-order valence-corrected chi connectivity index (χ2v) is 10.3. The quantitative estimate of drug-likeness (QED) is 0.521. The number of likely N-dealkylation sites (tertiary alicyclic amines) is 1. The highest BCUT2D eigenvalue weighted by molar-refractivity contribution is 7.17. The molecule has 4 rings (SSSR count). The third-order valence-electron chi connectivity index (χ3n) is 6.80. The number of aryl methyl sites for hydroxylation is 1. The van der Waals surface area contributed by atoms with Gasteiger partial charge in [0.05, 0.1) is 18.7 Å². The fourth-order valence-corrected chi connectivity index (χ4v) is 6.43. The lowest BCUT2D eigenvalue weighted by Crippen LogP contribution is -2.49. The van der Waals surface area contributed by atoms with Crippen LogP contribution in [0.15, 0.2) is 30.3 Å². The number of nitrogens with zero attached hydrogens (tertiary/aromatic N) is 2. The highest BCUT2D eigenvalue weighted by atomic mass is 32.1. The number of benzene rings is 1. The Morgan fingerprint density at radius 2 is 1.86 bits per heavy atom. The van der Waals surface area contributed by atoms with Crippen molar-refractivity contribution in [3.8, 4) is 0 Å². The summed E-state index contributed by atoms with van der Waals surface area (Å²) < 4.78 is 5.28. The minimum absolute atomic E-state index is 0.0704. The molecule has 8 heteroatoms. The molecule has 0 bridgehead atoms. The largest absolute Gasteiger partial charge is 0.462 e. The summed E-state index contributed by atoms with van der Waals surface area (Å²) in [6.07, 6.45) is 5.47. The van der Waals surface area contributed by atoms with E-state index in [0.717, 1.165) is 56.2 Å². The lowest BCUT2D eigenvalue weighted by atomic mass is 10.0. The van der Waals surface area contributed by atoms with E-state index in [1.165, 1.54) is 16.2 Å². The van der Waals surface area contributed by atoms with Gasteiger partial charge in [-0.1, -0.05) is 25.1 Å². The first kappa shape index (κ1) is 25.4. The summed E-state index contributed by atoms with van der Waals surface area (Å²) in [6.45, 7) is 6.68. The molecule has 1 aliphatic heterocycles. The van der Waals surface area contributed by atoms with E-state index in [1.54, 1.807) is 6.92 Å². The maximum atomic E-state index is 13.1. The molecule has 0 spiro atoms. The van der Waals surface area contributed by atoms with Crippen molar-refractivity contribution in [2.75, 3.05) is 38.1 Å². The van der Waals surface area contributed by atoms with Crippen LogP contribution in [-0.2, 0) is 22.4 Å². The van der Waals surface area contributed by atoms with Crippen LogP contribution in [0.1, 0.15) is 70.7 Å². The van der Waals surface area contributed by atoms with Crippen LogP contribution in [0, 0.1) is 0 Å². The Balaban J connectivity index is 1.37. The number of amides is 2. The number of ether oxygens (including phenoxy) is 1. The Bertz CT molecular complexity index is 1040. The van der Waals surface area contributed by atoms with Gasteiger partial charge in [0.1, 0.15) is 5.00 Å². The zero-order valence-corrected chi connectivity index (χ0v) is 21.5. The smallest absolute Gasteiger partial charge is 0.341 e. The molecular formula is C27H35N3O4S. The van der Waals surface area contributed by atoms with Gasteiger partial charge < -0.3 is 15.0 Å². The Kier molecular flexibility index (Phi) is 8.57.